The van der Waals surface area contributed by atoms with E-state index in [1.54, 1.807) is 6.20 Å². The number of nitrogens with two attached hydrogens (primary N) is 1. The van der Waals surface area contributed by atoms with Crippen LogP contribution in [0.3, 0.4) is 0 Å². The van der Waals surface area contributed by atoms with Crippen LogP contribution in [0.2, 0.25) is 0 Å². The highest BCUT2D eigenvalue weighted by Gasteiger charge is 2.28. The molecule has 0 amide bonds. The SMILES string of the molecule is NC(c1ccccn1)C1CCCc2cccnc21. The number of pyridine rings is 2. The molecule has 18 heavy (non-hydrogen) atoms. The molecular weight excluding hydrogens is 222 g/mol. The predicted octanol–water partition coefficient (Wildman–Crippen LogP) is 2.60. The number of hydrogen-bond acceptors (Lipinski definition) is 3. The van der Waals surface area contributed by atoms with Gasteiger partial charge >= 0.3 is 0 Å². The van der Waals surface area contributed by atoms with Crippen molar-refractivity contribution >= 4 is 0 Å². The summed E-state index contributed by atoms with van der Waals surface area (Å²) >= 11 is 0. The van der Waals surface area contributed by atoms with Gasteiger partial charge in [0, 0.05) is 24.0 Å². The average molecular weight is 239 g/mol. The Kier molecular flexibility index (Phi) is 3.07. The first kappa shape index (κ1) is 11.4. The predicted molar refractivity (Wildman–Crippen MR) is 71.1 cm³/mol. The highest BCUT2D eigenvalue weighted by atomic mass is 14.8. The van der Waals surface area contributed by atoms with Crippen molar-refractivity contribution < 1.29 is 0 Å². The van der Waals surface area contributed by atoms with E-state index in [2.05, 4.69) is 16.0 Å². The van der Waals surface area contributed by atoms with Gasteiger partial charge in [0.25, 0.3) is 0 Å². The van der Waals surface area contributed by atoms with Gasteiger partial charge in [0.2, 0.25) is 0 Å². The number of fused-ring (bicyclic) bond motifs is 1. The largest absolute Gasteiger partial charge is 0.322 e. The molecule has 0 radical (unpaired) electrons. The second-order valence-electron chi connectivity index (χ2n) is 4.83. The Balaban J connectivity index is 1.94. The lowest BCUT2D eigenvalue weighted by Crippen LogP contribution is -2.25. The Bertz CT molecular complexity index is 524. The van der Waals surface area contributed by atoms with Gasteiger partial charge in [0.1, 0.15) is 0 Å². The van der Waals surface area contributed by atoms with Gasteiger partial charge in [-0.3, -0.25) is 9.97 Å². The number of rotatable bonds is 2. The third-order valence-electron chi connectivity index (χ3n) is 3.70. The molecule has 2 N–H and O–H groups in total. The molecule has 0 bridgehead atoms. The fourth-order valence-corrected chi connectivity index (χ4v) is 2.77. The van der Waals surface area contributed by atoms with Gasteiger partial charge < -0.3 is 5.73 Å². The van der Waals surface area contributed by atoms with E-state index in [1.165, 1.54) is 17.7 Å². The summed E-state index contributed by atoms with van der Waals surface area (Å²) in [5.74, 6) is 0.296. The van der Waals surface area contributed by atoms with Crippen molar-refractivity contribution in [3.05, 3.63) is 59.7 Å². The van der Waals surface area contributed by atoms with Crippen molar-refractivity contribution in [2.24, 2.45) is 5.73 Å². The maximum atomic E-state index is 6.38. The summed E-state index contributed by atoms with van der Waals surface area (Å²) in [4.78, 5) is 8.91. The smallest absolute Gasteiger partial charge is 0.0577 e. The summed E-state index contributed by atoms with van der Waals surface area (Å²) in [5, 5.41) is 0. The van der Waals surface area contributed by atoms with Crippen LogP contribution >= 0.6 is 0 Å². The number of aromatic nitrogens is 2. The first-order valence-corrected chi connectivity index (χ1v) is 6.46. The van der Waals surface area contributed by atoms with Gasteiger partial charge in [-0.25, -0.2) is 0 Å². The number of aryl methyl sites for hydroxylation is 1. The Morgan fingerprint density at radius 1 is 1.11 bits per heavy atom. The molecule has 0 fully saturated rings. The van der Waals surface area contributed by atoms with Crippen LogP contribution in [-0.4, -0.2) is 9.97 Å². The molecule has 3 rings (SSSR count). The molecule has 0 saturated carbocycles. The number of nitrogens with zero attached hydrogens (tertiary/aromatic N) is 2. The molecule has 2 aromatic rings. The van der Waals surface area contributed by atoms with Gasteiger partial charge in [-0.1, -0.05) is 12.1 Å². The molecule has 2 atom stereocenters. The maximum Gasteiger partial charge on any atom is 0.0577 e. The van der Waals surface area contributed by atoms with Crippen molar-refractivity contribution in [2.45, 2.75) is 31.2 Å². The fourth-order valence-electron chi connectivity index (χ4n) is 2.77. The zero-order valence-electron chi connectivity index (χ0n) is 10.3. The minimum atomic E-state index is -0.0554. The van der Waals surface area contributed by atoms with Crippen molar-refractivity contribution in [3.8, 4) is 0 Å². The summed E-state index contributed by atoms with van der Waals surface area (Å²) in [6.45, 7) is 0. The van der Waals surface area contributed by atoms with Crippen molar-refractivity contribution in [1.29, 1.82) is 0 Å². The minimum Gasteiger partial charge on any atom is -0.322 e. The van der Waals surface area contributed by atoms with Crippen LogP contribution in [0.4, 0.5) is 0 Å². The van der Waals surface area contributed by atoms with Crippen LogP contribution < -0.4 is 5.73 Å². The fraction of sp³-hybridized carbons (Fsp3) is 0.333. The third kappa shape index (κ3) is 2.02. The van der Waals surface area contributed by atoms with Crippen LogP contribution in [0.5, 0.6) is 0 Å². The first-order chi connectivity index (χ1) is 8.86. The molecule has 2 aromatic heterocycles. The number of hydrogen-bond donors (Lipinski definition) is 1. The molecule has 3 nitrogen and oxygen atoms in total. The molecule has 1 aliphatic rings. The van der Waals surface area contributed by atoms with E-state index in [0.717, 1.165) is 18.5 Å². The third-order valence-corrected chi connectivity index (χ3v) is 3.70. The van der Waals surface area contributed by atoms with Gasteiger partial charge in [0.15, 0.2) is 0 Å². The maximum absolute atomic E-state index is 6.38. The van der Waals surface area contributed by atoms with E-state index in [0.29, 0.717) is 5.92 Å². The second-order valence-corrected chi connectivity index (χ2v) is 4.83. The van der Waals surface area contributed by atoms with E-state index < -0.39 is 0 Å². The van der Waals surface area contributed by atoms with E-state index in [1.807, 2.05) is 30.5 Å². The Labute approximate surface area is 107 Å². The van der Waals surface area contributed by atoms with Crippen molar-refractivity contribution in [1.82, 2.24) is 9.97 Å². The zero-order chi connectivity index (χ0) is 12.4. The van der Waals surface area contributed by atoms with Crippen LogP contribution in [0, 0.1) is 0 Å². The Morgan fingerprint density at radius 3 is 2.83 bits per heavy atom. The first-order valence-electron chi connectivity index (χ1n) is 6.46. The van der Waals surface area contributed by atoms with E-state index in [-0.39, 0.29) is 6.04 Å². The molecule has 0 saturated heterocycles. The zero-order valence-corrected chi connectivity index (χ0v) is 10.3. The Morgan fingerprint density at radius 2 is 2.00 bits per heavy atom. The molecular formula is C15H17N3. The molecule has 92 valence electrons. The normalized spacial score (nSPS) is 20.2. The molecule has 2 heterocycles. The quantitative estimate of drug-likeness (QED) is 0.876. The monoisotopic (exact) mass is 239 g/mol. The van der Waals surface area contributed by atoms with Gasteiger partial charge in [-0.15, -0.1) is 0 Å². The van der Waals surface area contributed by atoms with E-state index in [4.69, 9.17) is 5.73 Å². The molecule has 0 aromatic carbocycles. The van der Waals surface area contributed by atoms with Gasteiger partial charge in [-0.2, -0.15) is 0 Å². The van der Waals surface area contributed by atoms with Gasteiger partial charge in [-0.05, 0) is 43.0 Å². The summed E-state index contributed by atoms with van der Waals surface area (Å²) in [5.41, 5.74) is 9.86. The van der Waals surface area contributed by atoms with Crippen molar-refractivity contribution in [2.75, 3.05) is 0 Å². The molecule has 0 spiro atoms. The minimum absolute atomic E-state index is 0.0554. The lowest BCUT2D eigenvalue weighted by atomic mass is 9.81. The average Bonchev–Trinajstić information content (AvgIpc) is 2.47. The topological polar surface area (TPSA) is 51.8 Å². The summed E-state index contributed by atoms with van der Waals surface area (Å²) < 4.78 is 0. The molecule has 2 unspecified atom stereocenters. The van der Waals surface area contributed by atoms with Crippen LogP contribution in [-0.2, 0) is 6.42 Å². The molecule has 3 heteroatoms. The summed E-state index contributed by atoms with van der Waals surface area (Å²) in [7, 11) is 0. The van der Waals surface area contributed by atoms with E-state index in [9.17, 15) is 0 Å². The Hall–Kier alpha value is -1.74. The van der Waals surface area contributed by atoms with Crippen LogP contribution in [0.1, 0.15) is 41.8 Å². The summed E-state index contributed by atoms with van der Waals surface area (Å²) in [6, 6.07) is 10.0. The summed E-state index contributed by atoms with van der Waals surface area (Å²) in [6.07, 6.45) is 7.07. The molecule has 1 aliphatic carbocycles. The highest BCUT2D eigenvalue weighted by Crippen LogP contribution is 2.37. The van der Waals surface area contributed by atoms with E-state index >= 15 is 0 Å². The second kappa shape index (κ2) is 4.86. The lowest BCUT2D eigenvalue weighted by molar-refractivity contribution is 0.456. The highest BCUT2D eigenvalue weighted by molar-refractivity contribution is 5.29. The standard InChI is InChI=1S/C15H17N3/c16-14(13-8-1-2-9-17-13)12-7-3-5-11-6-4-10-18-15(11)12/h1-2,4,6,8-10,12,14H,3,5,7,16H2. The van der Waals surface area contributed by atoms with Crippen LogP contribution in [0.15, 0.2) is 42.7 Å². The van der Waals surface area contributed by atoms with Crippen molar-refractivity contribution in [3.63, 3.8) is 0 Å². The van der Waals surface area contributed by atoms with Crippen LogP contribution in [0.25, 0.3) is 0 Å². The van der Waals surface area contributed by atoms with Gasteiger partial charge in [0.05, 0.1) is 11.7 Å². The molecule has 0 aliphatic heterocycles. The lowest BCUT2D eigenvalue weighted by Gasteiger charge is -2.28.